The van der Waals surface area contributed by atoms with Crippen LogP contribution in [0.4, 0.5) is 17.2 Å². The molecule has 3 heterocycles. The Labute approximate surface area is 215 Å². The first-order chi connectivity index (χ1) is 17.7. The first-order valence-electron chi connectivity index (χ1n) is 12.5. The van der Waals surface area contributed by atoms with Crippen molar-refractivity contribution in [2.75, 3.05) is 36.4 Å². The Morgan fingerprint density at radius 2 is 1.69 bits per heavy atom. The van der Waals surface area contributed by atoms with E-state index in [-0.39, 0.29) is 0 Å². The van der Waals surface area contributed by atoms with Gasteiger partial charge in [-0.3, -0.25) is 0 Å². The monoisotopic (exact) mass is 498 g/mol. The molecule has 6 rings (SSSR count). The van der Waals surface area contributed by atoms with Gasteiger partial charge in [-0.25, -0.2) is 9.97 Å². The molecule has 0 amide bonds. The lowest BCUT2D eigenvalue weighted by molar-refractivity contribution is -0.914. The van der Waals surface area contributed by atoms with Gasteiger partial charge in [0.05, 0.1) is 26.2 Å². The van der Waals surface area contributed by atoms with Crippen LogP contribution in [0.15, 0.2) is 77.2 Å². The van der Waals surface area contributed by atoms with Crippen LogP contribution in [-0.2, 0) is 13.0 Å². The van der Waals surface area contributed by atoms with Gasteiger partial charge in [-0.15, -0.1) is 0 Å². The fourth-order valence-corrected chi connectivity index (χ4v) is 5.14. The zero-order valence-electron chi connectivity index (χ0n) is 20.3. The number of rotatable bonds is 6. The third kappa shape index (κ3) is 4.50. The number of quaternary nitrogens is 1. The molecule has 2 N–H and O–H groups in total. The predicted molar refractivity (Wildman–Crippen MR) is 146 cm³/mol. The molecule has 0 radical (unpaired) electrons. The van der Waals surface area contributed by atoms with Crippen molar-refractivity contribution < 1.29 is 9.32 Å². The molecule has 5 aromatic rings. The molecular weight excluding hydrogens is 470 g/mol. The molecule has 36 heavy (non-hydrogen) atoms. The van der Waals surface area contributed by atoms with Crippen molar-refractivity contribution in [3.63, 3.8) is 0 Å². The summed E-state index contributed by atoms with van der Waals surface area (Å²) in [5, 5.41) is 5.35. The van der Waals surface area contributed by atoms with Crippen molar-refractivity contribution in [3.05, 3.63) is 89.2 Å². The lowest BCUT2D eigenvalue weighted by Crippen LogP contribution is -3.13. The summed E-state index contributed by atoms with van der Waals surface area (Å²) in [6.07, 6.45) is 0.757. The van der Waals surface area contributed by atoms with Crippen LogP contribution in [-0.4, -0.2) is 36.1 Å². The van der Waals surface area contributed by atoms with Gasteiger partial charge >= 0.3 is 0 Å². The topological polar surface area (TPSA) is 58.6 Å². The summed E-state index contributed by atoms with van der Waals surface area (Å²) in [4.78, 5) is 13.5. The minimum absolute atomic E-state index is 0.690. The maximum Gasteiger partial charge on any atom is 0.196 e. The molecule has 0 unspecified atom stereocenters. The first kappa shape index (κ1) is 22.8. The number of aromatic nitrogens is 2. The number of hydrogen-bond donors (Lipinski definition) is 2. The van der Waals surface area contributed by atoms with Crippen LogP contribution in [0.5, 0.6) is 0 Å². The van der Waals surface area contributed by atoms with Crippen molar-refractivity contribution in [2.45, 2.75) is 19.9 Å². The molecular formula is C29H29ClN5O+. The maximum atomic E-state index is 6.37. The fourth-order valence-electron chi connectivity index (χ4n) is 4.94. The number of furan rings is 1. The summed E-state index contributed by atoms with van der Waals surface area (Å²) in [5.74, 6) is 1.50. The molecule has 3 aromatic carbocycles. The Hall–Kier alpha value is -3.61. The minimum Gasteiger partial charge on any atom is -0.450 e. The highest BCUT2D eigenvalue weighted by molar-refractivity contribution is 6.31. The van der Waals surface area contributed by atoms with Crippen molar-refractivity contribution in [3.8, 4) is 0 Å². The molecule has 0 atom stereocenters. The van der Waals surface area contributed by atoms with E-state index in [1.165, 1.54) is 11.3 Å². The van der Waals surface area contributed by atoms with E-state index in [1.54, 1.807) is 4.90 Å². The second-order valence-electron chi connectivity index (χ2n) is 9.30. The zero-order valence-corrected chi connectivity index (χ0v) is 21.1. The second-order valence-corrected chi connectivity index (χ2v) is 9.70. The molecule has 7 heteroatoms. The number of piperazine rings is 1. The smallest absolute Gasteiger partial charge is 0.196 e. The molecule has 1 aliphatic rings. The van der Waals surface area contributed by atoms with Crippen molar-refractivity contribution >= 4 is 50.9 Å². The largest absolute Gasteiger partial charge is 0.450 e. The fraction of sp³-hybridized carbons (Fsp3) is 0.241. The van der Waals surface area contributed by atoms with Crippen LogP contribution < -0.4 is 15.1 Å². The molecule has 6 nitrogen and oxygen atoms in total. The SMILES string of the molecule is CCc1nc(Nc2ccc(N3CC[NH+](Cc4ccccc4Cl)CC3)cc2)c2oc3ccccc3c2n1. The molecule has 0 bridgehead atoms. The number of halogens is 1. The van der Waals surface area contributed by atoms with Crippen LogP contribution >= 0.6 is 11.6 Å². The second kappa shape index (κ2) is 9.80. The third-order valence-electron chi connectivity index (χ3n) is 6.95. The van der Waals surface area contributed by atoms with Gasteiger partial charge in [-0.1, -0.05) is 48.9 Å². The van der Waals surface area contributed by atoms with E-state index in [4.69, 9.17) is 26.0 Å². The quantitative estimate of drug-likeness (QED) is 0.335. The zero-order chi connectivity index (χ0) is 24.5. The summed E-state index contributed by atoms with van der Waals surface area (Å²) in [5.41, 5.74) is 5.81. The summed E-state index contributed by atoms with van der Waals surface area (Å²) < 4.78 is 6.13. The molecule has 0 spiro atoms. The predicted octanol–water partition coefficient (Wildman–Crippen LogP) is 5.24. The lowest BCUT2D eigenvalue weighted by Gasteiger charge is -2.34. The lowest BCUT2D eigenvalue weighted by atomic mass is 10.2. The Morgan fingerprint density at radius 1 is 0.944 bits per heavy atom. The highest BCUT2D eigenvalue weighted by atomic mass is 35.5. The van der Waals surface area contributed by atoms with Gasteiger partial charge in [-0.2, -0.15) is 0 Å². The van der Waals surface area contributed by atoms with Gasteiger partial charge in [-0.05, 0) is 42.5 Å². The van der Waals surface area contributed by atoms with E-state index in [2.05, 4.69) is 53.5 Å². The van der Waals surface area contributed by atoms with E-state index in [1.807, 2.05) is 36.4 Å². The molecule has 1 aliphatic heterocycles. The highest BCUT2D eigenvalue weighted by Gasteiger charge is 2.21. The molecule has 0 aliphatic carbocycles. The van der Waals surface area contributed by atoms with Gasteiger partial charge in [0.15, 0.2) is 11.4 Å². The number of nitrogens with zero attached hydrogens (tertiary/aromatic N) is 3. The minimum atomic E-state index is 0.690. The average molecular weight is 499 g/mol. The Balaban J connectivity index is 1.16. The number of anilines is 3. The Bertz CT molecular complexity index is 1510. The molecule has 0 saturated carbocycles. The van der Waals surface area contributed by atoms with Crippen LogP contribution in [0, 0.1) is 0 Å². The summed E-state index contributed by atoms with van der Waals surface area (Å²) >= 11 is 6.37. The number of benzene rings is 3. The van der Waals surface area contributed by atoms with Gasteiger partial charge < -0.3 is 19.5 Å². The normalized spacial score (nSPS) is 14.6. The number of hydrogen-bond acceptors (Lipinski definition) is 5. The molecule has 182 valence electrons. The van der Waals surface area contributed by atoms with E-state index < -0.39 is 0 Å². The summed E-state index contributed by atoms with van der Waals surface area (Å²) in [6.45, 7) is 7.28. The highest BCUT2D eigenvalue weighted by Crippen LogP contribution is 2.33. The van der Waals surface area contributed by atoms with Crippen LogP contribution in [0.1, 0.15) is 18.3 Å². The van der Waals surface area contributed by atoms with Gasteiger partial charge in [0, 0.05) is 33.8 Å². The van der Waals surface area contributed by atoms with E-state index >= 15 is 0 Å². The molecule has 2 aromatic heterocycles. The Morgan fingerprint density at radius 3 is 2.47 bits per heavy atom. The summed E-state index contributed by atoms with van der Waals surface area (Å²) in [7, 11) is 0. The standard InChI is InChI=1S/C29H28ClN5O/c1-2-26-32-27-23-8-4-6-10-25(23)36-28(27)29(33-26)31-21-11-13-22(14-12-21)35-17-15-34(16-18-35)19-20-7-3-5-9-24(20)30/h3-14H,2,15-19H2,1H3,(H,31,32,33)/p+1. The molecule has 1 fully saturated rings. The number of aryl methyl sites for hydroxylation is 1. The van der Waals surface area contributed by atoms with Gasteiger partial charge in [0.1, 0.15) is 23.5 Å². The van der Waals surface area contributed by atoms with Gasteiger partial charge in [0.25, 0.3) is 0 Å². The average Bonchev–Trinajstić information content (AvgIpc) is 3.30. The summed E-state index contributed by atoms with van der Waals surface area (Å²) in [6, 6.07) is 24.7. The maximum absolute atomic E-state index is 6.37. The van der Waals surface area contributed by atoms with Crippen LogP contribution in [0.3, 0.4) is 0 Å². The number of para-hydroxylation sites is 1. The van der Waals surface area contributed by atoms with Crippen molar-refractivity contribution in [2.24, 2.45) is 0 Å². The number of fused-ring (bicyclic) bond motifs is 3. The van der Waals surface area contributed by atoms with E-state index in [0.29, 0.717) is 11.4 Å². The third-order valence-corrected chi connectivity index (χ3v) is 7.32. The number of nitrogens with one attached hydrogen (secondary N) is 2. The van der Waals surface area contributed by atoms with Crippen LogP contribution in [0.25, 0.3) is 22.1 Å². The van der Waals surface area contributed by atoms with Crippen LogP contribution in [0.2, 0.25) is 5.02 Å². The van der Waals surface area contributed by atoms with Crippen molar-refractivity contribution in [1.29, 1.82) is 0 Å². The van der Waals surface area contributed by atoms with E-state index in [9.17, 15) is 0 Å². The molecule has 1 saturated heterocycles. The van der Waals surface area contributed by atoms with E-state index in [0.717, 1.165) is 72.2 Å². The Kier molecular flexibility index (Phi) is 6.21. The first-order valence-corrected chi connectivity index (χ1v) is 12.9. The van der Waals surface area contributed by atoms with Gasteiger partial charge in [0.2, 0.25) is 0 Å². The van der Waals surface area contributed by atoms with Crippen molar-refractivity contribution in [1.82, 2.24) is 9.97 Å².